The highest BCUT2D eigenvalue weighted by atomic mass is 16.6. The van der Waals surface area contributed by atoms with Crippen LogP contribution in [-0.2, 0) is 4.74 Å². The van der Waals surface area contributed by atoms with Crippen LogP contribution in [0.25, 0.3) is 0 Å². The average Bonchev–Trinajstić information content (AvgIpc) is 2.77. The van der Waals surface area contributed by atoms with E-state index in [9.17, 15) is 9.59 Å². The van der Waals surface area contributed by atoms with Gasteiger partial charge in [0.15, 0.2) is 23.9 Å². The van der Waals surface area contributed by atoms with Gasteiger partial charge in [0.25, 0.3) is 0 Å². The fraction of sp³-hybridized carbons (Fsp3) is 0.130. The topological polar surface area (TPSA) is 71.1 Å². The van der Waals surface area contributed by atoms with Crippen molar-refractivity contribution in [3.8, 4) is 23.0 Å². The third-order valence-electron chi connectivity index (χ3n) is 4.25. The molecular weight excluding hydrogens is 372 g/mol. The Labute approximate surface area is 167 Å². The van der Waals surface area contributed by atoms with E-state index in [1.165, 1.54) is 0 Å². The second-order valence-electron chi connectivity index (χ2n) is 6.30. The lowest BCUT2D eigenvalue weighted by Gasteiger charge is -2.18. The molecule has 6 nitrogen and oxygen atoms in total. The quantitative estimate of drug-likeness (QED) is 0.462. The Morgan fingerprint density at radius 3 is 2.34 bits per heavy atom. The normalized spacial score (nSPS) is 12.1. The van der Waals surface area contributed by atoms with E-state index in [2.05, 4.69) is 0 Å². The second kappa shape index (κ2) is 8.48. The number of benzene rings is 3. The van der Waals surface area contributed by atoms with Crippen LogP contribution in [0.5, 0.6) is 23.0 Å². The molecule has 0 aromatic heterocycles. The van der Waals surface area contributed by atoms with Crippen LogP contribution in [0, 0.1) is 0 Å². The molecule has 0 saturated heterocycles. The van der Waals surface area contributed by atoms with Crippen molar-refractivity contribution in [2.24, 2.45) is 0 Å². The summed E-state index contributed by atoms with van der Waals surface area (Å²) in [5, 5.41) is 0. The molecule has 0 bridgehead atoms. The van der Waals surface area contributed by atoms with Crippen LogP contribution in [0.15, 0.2) is 72.8 Å². The summed E-state index contributed by atoms with van der Waals surface area (Å²) >= 11 is 0. The predicted molar refractivity (Wildman–Crippen MR) is 105 cm³/mol. The molecule has 0 amide bonds. The zero-order valence-electron chi connectivity index (χ0n) is 15.5. The zero-order valence-corrected chi connectivity index (χ0v) is 15.5. The lowest BCUT2D eigenvalue weighted by atomic mass is 10.1. The largest absolute Gasteiger partial charge is 0.486 e. The fourth-order valence-corrected chi connectivity index (χ4v) is 2.83. The van der Waals surface area contributed by atoms with E-state index < -0.39 is 5.97 Å². The Bertz CT molecular complexity index is 1030. The van der Waals surface area contributed by atoms with Crippen molar-refractivity contribution in [1.29, 1.82) is 0 Å². The molecular formula is C23H18O6. The summed E-state index contributed by atoms with van der Waals surface area (Å²) in [5.74, 6) is 1.34. The maximum absolute atomic E-state index is 12.4. The smallest absolute Gasteiger partial charge is 0.338 e. The Hall–Kier alpha value is -3.80. The number of para-hydroxylation sites is 1. The minimum absolute atomic E-state index is 0.299. The SMILES string of the molecule is O=C(COC(=O)c1cccc(Oc2ccccc2)c1)c1ccc2c(c1)OCCO2. The summed E-state index contributed by atoms with van der Waals surface area (Å²) in [4.78, 5) is 24.7. The maximum Gasteiger partial charge on any atom is 0.338 e. The van der Waals surface area contributed by atoms with Gasteiger partial charge in [0.2, 0.25) is 0 Å². The Morgan fingerprint density at radius 1 is 0.759 bits per heavy atom. The predicted octanol–water partition coefficient (Wildman–Crippen LogP) is 4.29. The van der Waals surface area contributed by atoms with Gasteiger partial charge in [0, 0.05) is 5.56 Å². The van der Waals surface area contributed by atoms with E-state index in [0.29, 0.717) is 47.3 Å². The highest BCUT2D eigenvalue weighted by Crippen LogP contribution is 2.31. The Kier molecular flexibility index (Phi) is 5.42. The van der Waals surface area contributed by atoms with Crippen LogP contribution in [0.1, 0.15) is 20.7 Å². The summed E-state index contributed by atoms with van der Waals surface area (Å²) in [7, 11) is 0. The highest BCUT2D eigenvalue weighted by molar-refractivity contribution is 5.99. The molecule has 3 aromatic carbocycles. The molecule has 0 N–H and O–H groups in total. The molecule has 0 atom stereocenters. The van der Waals surface area contributed by atoms with Crippen molar-refractivity contribution < 1.29 is 28.5 Å². The first-order valence-corrected chi connectivity index (χ1v) is 9.12. The Morgan fingerprint density at radius 2 is 1.52 bits per heavy atom. The number of fused-ring (bicyclic) bond motifs is 1. The van der Waals surface area contributed by atoms with Crippen molar-refractivity contribution in [3.63, 3.8) is 0 Å². The lowest BCUT2D eigenvalue weighted by Crippen LogP contribution is -2.17. The number of Topliss-reactive ketones (excluding diaryl/α,β-unsaturated/α-hetero) is 1. The first-order valence-electron chi connectivity index (χ1n) is 9.12. The van der Waals surface area contributed by atoms with E-state index in [-0.39, 0.29) is 12.4 Å². The van der Waals surface area contributed by atoms with Crippen molar-refractivity contribution in [3.05, 3.63) is 83.9 Å². The van der Waals surface area contributed by atoms with E-state index in [1.54, 1.807) is 42.5 Å². The molecule has 0 aliphatic carbocycles. The van der Waals surface area contributed by atoms with Gasteiger partial charge in [-0.05, 0) is 48.5 Å². The van der Waals surface area contributed by atoms with Crippen LogP contribution in [0.4, 0.5) is 0 Å². The van der Waals surface area contributed by atoms with Gasteiger partial charge >= 0.3 is 5.97 Å². The average molecular weight is 390 g/mol. The number of ketones is 1. The first-order chi connectivity index (χ1) is 14.2. The molecule has 0 saturated carbocycles. The summed E-state index contributed by atoms with van der Waals surface area (Å²) in [5.41, 5.74) is 0.691. The number of ether oxygens (including phenoxy) is 4. The number of hydrogen-bond donors (Lipinski definition) is 0. The zero-order chi connectivity index (χ0) is 20.1. The minimum Gasteiger partial charge on any atom is -0.486 e. The summed E-state index contributed by atoms with van der Waals surface area (Å²) in [6.45, 7) is 0.536. The molecule has 146 valence electrons. The molecule has 3 aromatic rings. The van der Waals surface area contributed by atoms with E-state index in [0.717, 1.165) is 0 Å². The van der Waals surface area contributed by atoms with E-state index in [4.69, 9.17) is 18.9 Å². The van der Waals surface area contributed by atoms with Crippen LogP contribution < -0.4 is 14.2 Å². The molecule has 29 heavy (non-hydrogen) atoms. The Balaban J connectivity index is 1.38. The molecule has 0 radical (unpaired) electrons. The van der Waals surface area contributed by atoms with Gasteiger partial charge in [-0.2, -0.15) is 0 Å². The summed E-state index contributed by atoms with van der Waals surface area (Å²) < 4.78 is 21.8. The summed E-state index contributed by atoms with van der Waals surface area (Å²) in [6.07, 6.45) is 0. The molecule has 6 heteroatoms. The number of esters is 1. The number of carbonyl (C=O) groups excluding carboxylic acids is 2. The van der Waals surface area contributed by atoms with Gasteiger partial charge in [-0.25, -0.2) is 4.79 Å². The van der Waals surface area contributed by atoms with Crippen molar-refractivity contribution in [2.75, 3.05) is 19.8 Å². The van der Waals surface area contributed by atoms with Crippen molar-refractivity contribution in [1.82, 2.24) is 0 Å². The van der Waals surface area contributed by atoms with Crippen molar-refractivity contribution >= 4 is 11.8 Å². The third-order valence-corrected chi connectivity index (χ3v) is 4.25. The first kappa shape index (κ1) is 18.6. The van der Waals surface area contributed by atoms with Gasteiger partial charge in [0.05, 0.1) is 5.56 Å². The van der Waals surface area contributed by atoms with Crippen molar-refractivity contribution in [2.45, 2.75) is 0 Å². The second-order valence-corrected chi connectivity index (χ2v) is 6.30. The van der Waals surface area contributed by atoms with Gasteiger partial charge < -0.3 is 18.9 Å². The maximum atomic E-state index is 12.4. The molecule has 1 heterocycles. The third kappa shape index (κ3) is 4.55. The highest BCUT2D eigenvalue weighted by Gasteiger charge is 2.17. The summed E-state index contributed by atoms with van der Waals surface area (Å²) in [6, 6.07) is 20.7. The van der Waals surface area contributed by atoms with Gasteiger partial charge in [-0.15, -0.1) is 0 Å². The van der Waals surface area contributed by atoms with Gasteiger partial charge in [-0.1, -0.05) is 24.3 Å². The van der Waals surface area contributed by atoms with Crippen LogP contribution >= 0.6 is 0 Å². The van der Waals surface area contributed by atoms with E-state index >= 15 is 0 Å². The van der Waals surface area contributed by atoms with E-state index in [1.807, 2.05) is 30.3 Å². The number of carbonyl (C=O) groups is 2. The fourth-order valence-electron chi connectivity index (χ4n) is 2.83. The molecule has 0 spiro atoms. The van der Waals surface area contributed by atoms with Crippen LogP contribution in [0.3, 0.4) is 0 Å². The number of hydrogen-bond acceptors (Lipinski definition) is 6. The minimum atomic E-state index is -0.602. The number of rotatable bonds is 6. The lowest BCUT2D eigenvalue weighted by molar-refractivity contribution is 0.0474. The van der Waals surface area contributed by atoms with Crippen LogP contribution in [0.2, 0.25) is 0 Å². The molecule has 0 unspecified atom stereocenters. The van der Waals surface area contributed by atoms with Gasteiger partial charge in [-0.3, -0.25) is 4.79 Å². The monoisotopic (exact) mass is 390 g/mol. The molecule has 4 rings (SSSR count). The van der Waals surface area contributed by atoms with Gasteiger partial charge in [0.1, 0.15) is 24.7 Å². The molecule has 0 fully saturated rings. The molecule has 1 aliphatic heterocycles. The standard InChI is InChI=1S/C23H18O6/c24-20(16-9-10-21-22(14-16)27-12-11-26-21)15-28-23(25)17-5-4-8-19(13-17)29-18-6-2-1-3-7-18/h1-10,13-14H,11-12,15H2. The molecule has 1 aliphatic rings. The van der Waals surface area contributed by atoms with Crippen LogP contribution in [-0.4, -0.2) is 31.6 Å².